The molecule has 0 fully saturated rings. The maximum atomic E-state index is 5.91. The topological polar surface area (TPSA) is 34.4 Å². The van der Waals surface area contributed by atoms with E-state index in [1.165, 1.54) is 10.9 Å². The van der Waals surface area contributed by atoms with Gasteiger partial charge in [0, 0.05) is 24.1 Å². The van der Waals surface area contributed by atoms with Gasteiger partial charge in [-0.15, -0.1) is 0 Å². The highest BCUT2D eigenvalue weighted by Gasteiger charge is 2.13. The fraction of sp³-hybridized carbons (Fsp3) is 0.500. The van der Waals surface area contributed by atoms with Crippen LogP contribution in [0.3, 0.4) is 0 Å². The van der Waals surface area contributed by atoms with Crippen molar-refractivity contribution in [1.29, 1.82) is 0 Å². The molecule has 0 bridgehead atoms. The van der Waals surface area contributed by atoms with E-state index in [2.05, 4.69) is 31.3 Å². The average Bonchev–Trinajstić information content (AvgIpc) is 2.79. The number of ether oxygens (including phenoxy) is 1. The molecule has 0 radical (unpaired) electrons. The lowest BCUT2D eigenvalue weighted by Crippen LogP contribution is -2.13. The van der Waals surface area contributed by atoms with Gasteiger partial charge in [-0.2, -0.15) is 0 Å². The van der Waals surface area contributed by atoms with Gasteiger partial charge in [-0.1, -0.05) is 38.5 Å². The van der Waals surface area contributed by atoms with Crippen molar-refractivity contribution >= 4 is 11.0 Å². The van der Waals surface area contributed by atoms with Gasteiger partial charge in [0.05, 0.1) is 0 Å². The van der Waals surface area contributed by atoms with Crippen molar-refractivity contribution in [2.24, 2.45) is 0 Å². The largest absolute Gasteiger partial charge is 0.458 e. The molecule has 19 heavy (non-hydrogen) atoms. The molecule has 3 heteroatoms. The Labute approximate surface area is 114 Å². The van der Waals surface area contributed by atoms with E-state index < -0.39 is 0 Å². The molecular formula is C16H23NO2. The lowest BCUT2D eigenvalue weighted by atomic mass is 10.1. The first-order chi connectivity index (χ1) is 9.36. The minimum Gasteiger partial charge on any atom is -0.458 e. The second-order valence-electron chi connectivity index (χ2n) is 4.69. The van der Waals surface area contributed by atoms with Crippen LogP contribution in [0, 0.1) is 0 Å². The van der Waals surface area contributed by atoms with Gasteiger partial charge in [0.2, 0.25) is 0 Å². The van der Waals surface area contributed by atoms with E-state index in [9.17, 15) is 0 Å². The molecule has 1 N–H and O–H groups in total. The van der Waals surface area contributed by atoms with Crippen molar-refractivity contribution in [2.75, 3.05) is 13.2 Å². The van der Waals surface area contributed by atoms with Crippen LogP contribution in [-0.2, 0) is 17.9 Å². The Balaban J connectivity index is 2.15. The second kappa shape index (κ2) is 7.31. The SMILES string of the molecule is CCCCOCc1oc2ccccc2c1CNCC. The zero-order valence-corrected chi connectivity index (χ0v) is 11.9. The molecule has 0 amide bonds. The number of para-hydroxylation sites is 1. The zero-order valence-electron chi connectivity index (χ0n) is 11.9. The molecule has 3 nitrogen and oxygen atoms in total. The summed E-state index contributed by atoms with van der Waals surface area (Å²) in [5.41, 5.74) is 2.18. The standard InChI is InChI=1S/C16H23NO2/c1-3-5-10-18-12-16-14(11-17-4-2)13-8-6-7-9-15(13)19-16/h6-9,17H,3-5,10-12H2,1-2H3. The van der Waals surface area contributed by atoms with E-state index in [0.717, 1.165) is 43.9 Å². The molecule has 0 aliphatic carbocycles. The molecule has 0 unspecified atom stereocenters. The molecule has 1 aromatic carbocycles. The minimum atomic E-state index is 0.565. The second-order valence-corrected chi connectivity index (χ2v) is 4.69. The van der Waals surface area contributed by atoms with Gasteiger partial charge in [0.25, 0.3) is 0 Å². The monoisotopic (exact) mass is 261 g/mol. The van der Waals surface area contributed by atoms with E-state index in [1.54, 1.807) is 0 Å². The summed E-state index contributed by atoms with van der Waals surface area (Å²) in [5.74, 6) is 0.957. The molecule has 0 saturated carbocycles. The van der Waals surface area contributed by atoms with Gasteiger partial charge >= 0.3 is 0 Å². The van der Waals surface area contributed by atoms with Crippen molar-refractivity contribution in [3.63, 3.8) is 0 Å². The molecule has 0 spiro atoms. The first-order valence-corrected chi connectivity index (χ1v) is 7.14. The van der Waals surface area contributed by atoms with E-state index >= 15 is 0 Å². The fourth-order valence-corrected chi connectivity index (χ4v) is 2.12. The van der Waals surface area contributed by atoms with Crippen LogP contribution in [0.5, 0.6) is 0 Å². The van der Waals surface area contributed by atoms with E-state index in [4.69, 9.17) is 9.15 Å². The summed E-state index contributed by atoms with van der Waals surface area (Å²) in [5, 5.41) is 4.56. The third-order valence-electron chi connectivity index (χ3n) is 3.21. The third kappa shape index (κ3) is 3.58. The van der Waals surface area contributed by atoms with Crippen LogP contribution in [-0.4, -0.2) is 13.2 Å². The molecule has 104 valence electrons. The number of hydrogen-bond donors (Lipinski definition) is 1. The van der Waals surface area contributed by atoms with Crippen molar-refractivity contribution in [1.82, 2.24) is 5.32 Å². The van der Waals surface area contributed by atoms with Crippen LogP contribution in [0.15, 0.2) is 28.7 Å². The number of rotatable bonds is 8. The Morgan fingerprint density at radius 2 is 2.05 bits per heavy atom. The van der Waals surface area contributed by atoms with Crippen molar-refractivity contribution in [3.05, 3.63) is 35.6 Å². The highest BCUT2D eigenvalue weighted by Crippen LogP contribution is 2.26. The number of hydrogen-bond acceptors (Lipinski definition) is 3. The number of nitrogens with one attached hydrogen (secondary N) is 1. The van der Waals surface area contributed by atoms with Gasteiger partial charge in [0.1, 0.15) is 18.0 Å². The first-order valence-electron chi connectivity index (χ1n) is 7.14. The molecular weight excluding hydrogens is 238 g/mol. The van der Waals surface area contributed by atoms with Crippen LogP contribution in [0.4, 0.5) is 0 Å². The van der Waals surface area contributed by atoms with Gasteiger partial charge in [-0.05, 0) is 19.0 Å². The maximum absolute atomic E-state index is 5.91. The number of fused-ring (bicyclic) bond motifs is 1. The average molecular weight is 261 g/mol. The summed E-state index contributed by atoms with van der Waals surface area (Å²) in [6, 6.07) is 8.18. The highest BCUT2D eigenvalue weighted by molar-refractivity contribution is 5.82. The first kappa shape index (κ1) is 14.1. The maximum Gasteiger partial charge on any atom is 0.135 e. The van der Waals surface area contributed by atoms with Crippen molar-refractivity contribution < 1.29 is 9.15 Å². The van der Waals surface area contributed by atoms with Gasteiger partial charge in [-0.25, -0.2) is 0 Å². The number of benzene rings is 1. The van der Waals surface area contributed by atoms with Crippen LogP contribution < -0.4 is 5.32 Å². The fourth-order valence-electron chi connectivity index (χ4n) is 2.12. The van der Waals surface area contributed by atoms with Crippen molar-refractivity contribution in [3.8, 4) is 0 Å². The smallest absolute Gasteiger partial charge is 0.135 e. The summed E-state index contributed by atoms with van der Waals surface area (Å²) < 4.78 is 11.6. The van der Waals surface area contributed by atoms with E-state index in [1.807, 2.05) is 12.1 Å². The molecule has 0 aliphatic rings. The van der Waals surface area contributed by atoms with Gasteiger partial charge < -0.3 is 14.5 Å². The van der Waals surface area contributed by atoms with Crippen LogP contribution in [0.1, 0.15) is 38.0 Å². The predicted molar refractivity (Wildman–Crippen MR) is 78.2 cm³/mol. The van der Waals surface area contributed by atoms with Gasteiger partial charge in [-0.3, -0.25) is 0 Å². The summed E-state index contributed by atoms with van der Waals surface area (Å²) >= 11 is 0. The van der Waals surface area contributed by atoms with E-state index in [-0.39, 0.29) is 0 Å². The van der Waals surface area contributed by atoms with Crippen LogP contribution >= 0.6 is 0 Å². The summed E-state index contributed by atoms with van der Waals surface area (Å²) in [4.78, 5) is 0. The Hall–Kier alpha value is -1.32. The Morgan fingerprint density at radius 1 is 1.21 bits per heavy atom. The molecule has 2 rings (SSSR count). The Morgan fingerprint density at radius 3 is 2.84 bits per heavy atom. The normalized spacial score (nSPS) is 11.3. The van der Waals surface area contributed by atoms with Crippen LogP contribution in [0.2, 0.25) is 0 Å². The van der Waals surface area contributed by atoms with Gasteiger partial charge in [0.15, 0.2) is 0 Å². The summed E-state index contributed by atoms with van der Waals surface area (Å²) in [6.45, 7) is 7.43. The number of unbranched alkanes of at least 4 members (excludes halogenated alkanes) is 1. The Bertz CT molecular complexity index is 504. The van der Waals surface area contributed by atoms with Crippen LogP contribution in [0.25, 0.3) is 11.0 Å². The minimum absolute atomic E-state index is 0.565. The molecule has 0 saturated heterocycles. The third-order valence-corrected chi connectivity index (χ3v) is 3.21. The Kier molecular flexibility index (Phi) is 5.43. The molecule has 0 atom stereocenters. The highest BCUT2D eigenvalue weighted by atomic mass is 16.5. The number of furan rings is 1. The predicted octanol–water partition coefficient (Wildman–Crippen LogP) is 3.86. The van der Waals surface area contributed by atoms with E-state index in [0.29, 0.717) is 6.61 Å². The summed E-state index contributed by atoms with van der Waals surface area (Å²) in [6.07, 6.45) is 2.26. The summed E-state index contributed by atoms with van der Waals surface area (Å²) in [7, 11) is 0. The molecule has 2 aromatic rings. The lowest BCUT2D eigenvalue weighted by Gasteiger charge is -2.05. The quantitative estimate of drug-likeness (QED) is 0.733. The lowest BCUT2D eigenvalue weighted by molar-refractivity contribution is 0.104. The molecule has 1 aromatic heterocycles. The zero-order chi connectivity index (χ0) is 13.5. The van der Waals surface area contributed by atoms with Crippen molar-refractivity contribution in [2.45, 2.75) is 39.8 Å². The molecule has 1 heterocycles. The molecule has 0 aliphatic heterocycles.